The molecule has 0 bridgehead atoms. The number of carboxylic acids is 1. The molecule has 0 spiro atoms. The molecule has 9 heteroatoms. The van der Waals surface area contributed by atoms with E-state index < -0.39 is 18.2 Å². The molecule has 1 aromatic carbocycles. The number of pyridine rings is 2. The van der Waals surface area contributed by atoms with Crippen molar-refractivity contribution in [3.63, 3.8) is 0 Å². The van der Waals surface area contributed by atoms with Crippen LogP contribution in [0.25, 0.3) is 38.9 Å². The molecule has 30 heavy (non-hydrogen) atoms. The zero-order valence-corrected chi connectivity index (χ0v) is 15.9. The summed E-state index contributed by atoms with van der Waals surface area (Å²) in [5, 5.41) is 17.1. The molecule has 9 nitrogen and oxygen atoms in total. The van der Waals surface area contributed by atoms with E-state index in [0.29, 0.717) is 22.4 Å². The summed E-state index contributed by atoms with van der Waals surface area (Å²) in [6.45, 7) is 1.47. The Kier molecular flexibility index (Phi) is 3.95. The zero-order valence-electron chi connectivity index (χ0n) is 15.9. The van der Waals surface area contributed by atoms with Crippen LogP contribution in [0.4, 0.5) is 0 Å². The topological polar surface area (TPSA) is 119 Å². The number of hydrogen-bond donors (Lipinski definition) is 2. The van der Waals surface area contributed by atoms with Crippen LogP contribution in [0.2, 0.25) is 0 Å². The number of imidazole rings is 1. The predicted molar refractivity (Wildman–Crippen MR) is 111 cm³/mol. The molecule has 5 aromatic rings. The van der Waals surface area contributed by atoms with E-state index in [-0.39, 0.29) is 0 Å². The van der Waals surface area contributed by atoms with Crippen molar-refractivity contribution < 1.29 is 9.90 Å². The Hall–Kier alpha value is -4.27. The summed E-state index contributed by atoms with van der Waals surface area (Å²) in [5.74, 6) is -1.08. The van der Waals surface area contributed by atoms with Crippen LogP contribution < -0.4 is 5.69 Å². The number of hydrogen-bond acceptors (Lipinski definition) is 5. The number of aromatic amines is 1. The maximum atomic E-state index is 13.1. The Bertz CT molecular complexity index is 1480. The molecule has 0 aliphatic rings. The third-order valence-corrected chi connectivity index (χ3v) is 5.09. The fourth-order valence-corrected chi connectivity index (χ4v) is 3.75. The van der Waals surface area contributed by atoms with E-state index in [0.717, 1.165) is 22.0 Å². The number of aryl methyl sites for hydroxylation is 1. The first-order valence-electron chi connectivity index (χ1n) is 9.21. The molecule has 148 valence electrons. The van der Waals surface area contributed by atoms with Gasteiger partial charge >= 0.3 is 11.7 Å². The third-order valence-electron chi connectivity index (χ3n) is 5.09. The van der Waals surface area contributed by atoms with Gasteiger partial charge in [-0.1, -0.05) is 12.1 Å². The molecule has 0 saturated carbocycles. The van der Waals surface area contributed by atoms with Crippen molar-refractivity contribution in [3.8, 4) is 16.9 Å². The van der Waals surface area contributed by atoms with Crippen molar-refractivity contribution >= 4 is 27.9 Å². The van der Waals surface area contributed by atoms with Gasteiger partial charge in [0.25, 0.3) is 0 Å². The third kappa shape index (κ3) is 2.67. The standard InChI is InChI=1S/C21H16N6O3/c1-12-3-2-4-18-20(12)27(21(30)26(18)11-19(28)29)13-5-6-16(23-7-13)14-8-22-10-17-15(14)9-24-25-17/h2-10H,11H2,1H3,(H,24,25)(H,28,29). The lowest BCUT2D eigenvalue weighted by atomic mass is 10.1. The maximum absolute atomic E-state index is 13.1. The summed E-state index contributed by atoms with van der Waals surface area (Å²) < 4.78 is 2.76. The summed E-state index contributed by atoms with van der Waals surface area (Å²) in [4.78, 5) is 33.1. The first kappa shape index (κ1) is 17.8. The highest BCUT2D eigenvalue weighted by Gasteiger charge is 2.18. The Labute approximate surface area is 169 Å². The minimum Gasteiger partial charge on any atom is -0.480 e. The molecular formula is C21H16N6O3. The zero-order chi connectivity index (χ0) is 20.8. The van der Waals surface area contributed by atoms with E-state index in [4.69, 9.17) is 0 Å². The first-order valence-corrected chi connectivity index (χ1v) is 9.21. The number of benzene rings is 1. The van der Waals surface area contributed by atoms with E-state index in [2.05, 4.69) is 20.2 Å². The number of nitrogens with zero attached hydrogens (tertiary/aromatic N) is 5. The number of rotatable bonds is 4. The van der Waals surface area contributed by atoms with Crippen molar-refractivity contribution in [2.45, 2.75) is 13.5 Å². The molecule has 0 fully saturated rings. The van der Waals surface area contributed by atoms with Crippen LogP contribution in [0.3, 0.4) is 0 Å². The highest BCUT2D eigenvalue weighted by Crippen LogP contribution is 2.26. The summed E-state index contributed by atoms with van der Waals surface area (Å²) in [5.41, 5.74) is 4.55. The van der Waals surface area contributed by atoms with E-state index in [9.17, 15) is 14.7 Å². The Balaban J connectivity index is 1.68. The van der Waals surface area contributed by atoms with Gasteiger partial charge in [0.05, 0.1) is 46.5 Å². The lowest BCUT2D eigenvalue weighted by Crippen LogP contribution is -2.26. The van der Waals surface area contributed by atoms with Gasteiger partial charge in [0.15, 0.2) is 0 Å². The fourth-order valence-electron chi connectivity index (χ4n) is 3.75. The second-order valence-electron chi connectivity index (χ2n) is 6.96. The quantitative estimate of drug-likeness (QED) is 0.478. The van der Waals surface area contributed by atoms with Crippen molar-refractivity contribution in [3.05, 3.63) is 71.2 Å². The average Bonchev–Trinajstić information content (AvgIpc) is 3.32. The number of H-pyrrole nitrogens is 1. The molecule has 0 radical (unpaired) electrons. The normalized spacial score (nSPS) is 11.4. The molecule has 0 amide bonds. The van der Waals surface area contributed by atoms with E-state index in [1.54, 1.807) is 43.0 Å². The minimum absolute atomic E-state index is 0.411. The van der Waals surface area contributed by atoms with Gasteiger partial charge in [-0.05, 0) is 30.7 Å². The van der Waals surface area contributed by atoms with Crippen LogP contribution >= 0.6 is 0 Å². The van der Waals surface area contributed by atoms with Crippen LogP contribution in [0.15, 0.2) is 59.9 Å². The number of carboxylic acid groups (broad SMARTS) is 1. The Morgan fingerprint density at radius 1 is 1.13 bits per heavy atom. The molecular weight excluding hydrogens is 384 g/mol. The minimum atomic E-state index is -1.08. The lowest BCUT2D eigenvalue weighted by molar-refractivity contribution is -0.137. The monoisotopic (exact) mass is 400 g/mol. The second kappa shape index (κ2) is 6.66. The molecule has 0 aliphatic carbocycles. The van der Waals surface area contributed by atoms with Crippen LogP contribution in [0, 0.1) is 6.92 Å². The molecule has 0 aliphatic heterocycles. The maximum Gasteiger partial charge on any atom is 0.334 e. The molecule has 0 atom stereocenters. The molecule has 5 rings (SSSR count). The Morgan fingerprint density at radius 3 is 2.77 bits per heavy atom. The van der Waals surface area contributed by atoms with Gasteiger partial charge < -0.3 is 5.11 Å². The van der Waals surface area contributed by atoms with Crippen molar-refractivity contribution in [1.29, 1.82) is 0 Å². The first-order chi connectivity index (χ1) is 14.5. The van der Waals surface area contributed by atoms with Gasteiger partial charge in [-0.15, -0.1) is 0 Å². The molecule has 4 heterocycles. The predicted octanol–water partition coefficient (Wildman–Crippen LogP) is 2.52. The molecule has 4 aromatic heterocycles. The van der Waals surface area contributed by atoms with Gasteiger partial charge in [-0.3, -0.25) is 29.0 Å². The number of aromatic nitrogens is 6. The van der Waals surface area contributed by atoms with Crippen molar-refractivity contribution in [2.75, 3.05) is 0 Å². The van der Waals surface area contributed by atoms with Crippen molar-refractivity contribution in [1.82, 2.24) is 29.3 Å². The largest absolute Gasteiger partial charge is 0.480 e. The number of nitrogens with one attached hydrogen (secondary N) is 1. The van der Waals surface area contributed by atoms with Crippen LogP contribution in [-0.2, 0) is 11.3 Å². The SMILES string of the molecule is Cc1cccc2c1n(-c1ccc(-c3cncc4[nH]ncc34)nc1)c(=O)n2CC(=O)O. The smallest absolute Gasteiger partial charge is 0.334 e. The van der Waals surface area contributed by atoms with Gasteiger partial charge in [0, 0.05) is 17.1 Å². The van der Waals surface area contributed by atoms with E-state index in [1.807, 2.05) is 19.1 Å². The molecule has 0 unspecified atom stereocenters. The highest BCUT2D eigenvalue weighted by atomic mass is 16.4. The highest BCUT2D eigenvalue weighted by molar-refractivity contribution is 5.92. The number of aliphatic carboxylic acids is 1. The van der Waals surface area contributed by atoms with E-state index >= 15 is 0 Å². The number of para-hydroxylation sites is 1. The van der Waals surface area contributed by atoms with Crippen molar-refractivity contribution in [2.24, 2.45) is 0 Å². The summed E-state index contributed by atoms with van der Waals surface area (Å²) in [6.07, 6.45) is 6.73. The summed E-state index contributed by atoms with van der Waals surface area (Å²) >= 11 is 0. The summed E-state index contributed by atoms with van der Waals surface area (Å²) in [7, 11) is 0. The average molecular weight is 400 g/mol. The number of fused-ring (bicyclic) bond motifs is 2. The fraction of sp³-hybridized carbons (Fsp3) is 0.0952. The van der Waals surface area contributed by atoms with Crippen LogP contribution in [0.5, 0.6) is 0 Å². The summed E-state index contributed by atoms with van der Waals surface area (Å²) in [6, 6.07) is 9.04. The van der Waals surface area contributed by atoms with Gasteiger partial charge in [-0.2, -0.15) is 5.10 Å². The second-order valence-corrected chi connectivity index (χ2v) is 6.96. The van der Waals surface area contributed by atoms with E-state index in [1.165, 1.54) is 9.13 Å². The number of carbonyl (C=O) groups is 1. The van der Waals surface area contributed by atoms with Crippen LogP contribution in [-0.4, -0.2) is 40.4 Å². The van der Waals surface area contributed by atoms with Gasteiger partial charge in [-0.25, -0.2) is 4.79 Å². The lowest BCUT2D eigenvalue weighted by Gasteiger charge is -2.07. The molecule has 0 saturated heterocycles. The van der Waals surface area contributed by atoms with Crippen LogP contribution in [0.1, 0.15) is 5.56 Å². The van der Waals surface area contributed by atoms with Gasteiger partial charge in [0.1, 0.15) is 6.54 Å². The van der Waals surface area contributed by atoms with Gasteiger partial charge in [0.2, 0.25) is 0 Å². The Morgan fingerprint density at radius 2 is 2.00 bits per heavy atom. The molecule has 2 N–H and O–H groups in total.